The monoisotopic (exact) mass is 168 g/mol. The maximum Gasteiger partial charge on any atom is 0.238 e. The van der Waals surface area contributed by atoms with Crippen molar-refractivity contribution >= 4 is 5.91 Å². The van der Waals surface area contributed by atoms with Gasteiger partial charge in [0.25, 0.3) is 0 Å². The highest BCUT2D eigenvalue weighted by Gasteiger charge is 2.37. The van der Waals surface area contributed by atoms with E-state index in [-0.39, 0.29) is 0 Å². The van der Waals surface area contributed by atoms with Crippen molar-refractivity contribution in [2.24, 2.45) is 0 Å². The van der Waals surface area contributed by atoms with Crippen LogP contribution >= 0.6 is 0 Å². The molecule has 0 spiro atoms. The fourth-order valence-electron chi connectivity index (χ4n) is 2.03. The molecule has 0 radical (unpaired) electrons. The average molecular weight is 168 g/mol. The molecule has 2 aliphatic rings. The highest BCUT2D eigenvalue weighted by atomic mass is 16.2. The molecule has 0 aromatic rings. The number of nitrogens with zero attached hydrogens (tertiary/aromatic N) is 1. The van der Waals surface area contributed by atoms with Gasteiger partial charge in [-0.1, -0.05) is 6.92 Å². The Morgan fingerprint density at radius 2 is 2.33 bits per heavy atom. The lowest BCUT2D eigenvalue weighted by Crippen LogP contribution is -2.47. The predicted octanol–water partition coefficient (Wildman–Crippen LogP) is 0.707. The molecule has 0 aromatic heterocycles. The van der Waals surface area contributed by atoms with E-state index in [1.165, 1.54) is 19.3 Å². The Kier molecular flexibility index (Phi) is 2.05. The van der Waals surface area contributed by atoms with Crippen molar-refractivity contribution in [3.8, 4) is 0 Å². The van der Waals surface area contributed by atoms with E-state index in [2.05, 4.69) is 17.1 Å². The number of nitrogens with one attached hydrogen (secondary N) is 1. The van der Waals surface area contributed by atoms with Gasteiger partial charge in [-0.15, -0.1) is 0 Å². The maximum atomic E-state index is 11.4. The van der Waals surface area contributed by atoms with Gasteiger partial charge in [-0.2, -0.15) is 0 Å². The van der Waals surface area contributed by atoms with Gasteiger partial charge in [0.05, 0.1) is 12.7 Å². The molecule has 1 atom stereocenters. The maximum absolute atomic E-state index is 11.4. The molecular weight excluding hydrogens is 152 g/mol. The SMILES string of the molecule is CCC1NCC(=O)N1C1CCC1. The van der Waals surface area contributed by atoms with Crippen LogP contribution in [0.3, 0.4) is 0 Å². The average Bonchev–Trinajstić information content (AvgIpc) is 2.30. The molecule has 2 fully saturated rings. The Hall–Kier alpha value is -0.570. The van der Waals surface area contributed by atoms with Crippen LogP contribution in [0, 0.1) is 0 Å². The first-order valence-corrected chi connectivity index (χ1v) is 4.87. The van der Waals surface area contributed by atoms with E-state index in [9.17, 15) is 4.79 Å². The zero-order chi connectivity index (χ0) is 8.55. The fraction of sp³-hybridized carbons (Fsp3) is 0.889. The minimum absolute atomic E-state index is 0.298. The summed E-state index contributed by atoms with van der Waals surface area (Å²) in [7, 11) is 0. The lowest BCUT2D eigenvalue weighted by atomic mass is 9.91. The van der Waals surface area contributed by atoms with Crippen LogP contribution in [0.2, 0.25) is 0 Å². The summed E-state index contributed by atoms with van der Waals surface area (Å²) in [6.45, 7) is 2.68. The summed E-state index contributed by atoms with van der Waals surface area (Å²) in [4.78, 5) is 13.5. The van der Waals surface area contributed by atoms with Gasteiger partial charge in [0, 0.05) is 6.04 Å². The van der Waals surface area contributed by atoms with Gasteiger partial charge in [-0.05, 0) is 25.7 Å². The molecule has 0 aromatic carbocycles. The molecule has 1 N–H and O–H groups in total. The van der Waals surface area contributed by atoms with Crippen molar-refractivity contribution in [3.05, 3.63) is 0 Å². The molecule has 1 saturated carbocycles. The Morgan fingerprint density at radius 3 is 2.83 bits per heavy atom. The van der Waals surface area contributed by atoms with Crippen molar-refractivity contribution in [2.45, 2.75) is 44.8 Å². The molecule has 1 unspecified atom stereocenters. The van der Waals surface area contributed by atoms with Gasteiger partial charge in [0.2, 0.25) is 5.91 Å². The lowest BCUT2D eigenvalue weighted by molar-refractivity contribution is -0.132. The summed E-state index contributed by atoms with van der Waals surface area (Å²) < 4.78 is 0. The molecule has 12 heavy (non-hydrogen) atoms. The second-order valence-electron chi connectivity index (χ2n) is 3.69. The van der Waals surface area contributed by atoms with Crippen molar-refractivity contribution in [1.82, 2.24) is 10.2 Å². The standard InChI is InChI=1S/C9H16N2O/c1-2-8-10-6-9(12)11(8)7-4-3-5-7/h7-8,10H,2-6H2,1H3. The Morgan fingerprint density at radius 1 is 1.58 bits per heavy atom. The number of carbonyl (C=O) groups excluding carboxylic acids is 1. The highest BCUT2D eigenvalue weighted by molar-refractivity contribution is 5.81. The molecule has 1 saturated heterocycles. The first-order valence-electron chi connectivity index (χ1n) is 4.87. The van der Waals surface area contributed by atoms with Gasteiger partial charge in [-0.3, -0.25) is 10.1 Å². The largest absolute Gasteiger partial charge is 0.323 e. The van der Waals surface area contributed by atoms with E-state index in [4.69, 9.17) is 0 Å². The number of hydrogen-bond acceptors (Lipinski definition) is 2. The zero-order valence-corrected chi connectivity index (χ0v) is 7.55. The van der Waals surface area contributed by atoms with Crippen molar-refractivity contribution in [1.29, 1.82) is 0 Å². The summed E-state index contributed by atoms with van der Waals surface area (Å²) in [6.07, 6.45) is 5.07. The highest BCUT2D eigenvalue weighted by Crippen LogP contribution is 2.28. The number of rotatable bonds is 2. The Labute approximate surface area is 73.1 Å². The van der Waals surface area contributed by atoms with Gasteiger partial charge < -0.3 is 4.90 Å². The molecule has 0 bridgehead atoms. The summed E-state index contributed by atoms with van der Waals surface area (Å²) in [5.74, 6) is 0.298. The Bertz CT molecular complexity index is 189. The second kappa shape index (κ2) is 3.05. The molecule has 1 heterocycles. The summed E-state index contributed by atoms with van der Waals surface area (Å²) in [5, 5.41) is 3.23. The number of hydrogen-bond donors (Lipinski definition) is 1. The minimum Gasteiger partial charge on any atom is -0.323 e. The van der Waals surface area contributed by atoms with Crippen LogP contribution in [0.15, 0.2) is 0 Å². The lowest BCUT2D eigenvalue weighted by Gasteiger charge is -2.38. The summed E-state index contributed by atoms with van der Waals surface area (Å²) in [5.41, 5.74) is 0. The first-order chi connectivity index (χ1) is 5.83. The van der Waals surface area contributed by atoms with Crippen LogP contribution in [-0.2, 0) is 4.79 Å². The first kappa shape index (κ1) is 8.05. The third-order valence-corrected chi connectivity index (χ3v) is 2.97. The molecular formula is C9H16N2O. The quantitative estimate of drug-likeness (QED) is 0.658. The van der Waals surface area contributed by atoms with Gasteiger partial charge in [0.15, 0.2) is 0 Å². The van der Waals surface area contributed by atoms with E-state index in [1.54, 1.807) is 0 Å². The van der Waals surface area contributed by atoms with Crippen LogP contribution in [0.25, 0.3) is 0 Å². The molecule has 1 amide bonds. The molecule has 1 aliphatic heterocycles. The topological polar surface area (TPSA) is 32.3 Å². The zero-order valence-electron chi connectivity index (χ0n) is 7.55. The number of amides is 1. The van der Waals surface area contributed by atoms with E-state index in [1.807, 2.05) is 0 Å². The van der Waals surface area contributed by atoms with Crippen molar-refractivity contribution in [2.75, 3.05) is 6.54 Å². The van der Waals surface area contributed by atoms with Gasteiger partial charge in [0.1, 0.15) is 0 Å². The normalized spacial score (nSPS) is 30.9. The third-order valence-electron chi connectivity index (χ3n) is 2.97. The summed E-state index contributed by atoms with van der Waals surface area (Å²) in [6, 6.07) is 0.553. The van der Waals surface area contributed by atoms with Crippen LogP contribution in [-0.4, -0.2) is 29.6 Å². The van der Waals surface area contributed by atoms with E-state index in [0.717, 1.165) is 6.42 Å². The van der Waals surface area contributed by atoms with Gasteiger partial charge >= 0.3 is 0 Å². The van der Waals surface area contributed by atoms with Crippen LogP contribution in [0.4, 0.5) is 0 Å². The van der Waals surface area contributed by atoms with Crippen molar-refractivity contribution < 1.29 is 4.79 Å². The molecule has 3 nitrogen and oxygen atoms in total. The van der Waals surface area contributed by atoms with Crippen LogP contribution < -0.4 is 5.32 Å². The molecule has 2 rings (SSSR count). The third kappa shape index (κ3) is 1.12. The molecule has 3 heteroatoms. The smallest absolute Gasteiger partial charge is 0.238 e. The predicted molar refractivity (Wildman–Crippen MR) is 46.6 cm³/mol. The van der Waals surface area contributed by atoms with E-state index < -0.39 is 0 Å². The Balaban J connectivity index is 2.03. The number of carbonyl (C=O) groups is 1. The fourth-order valence-corrected chi connectivity index (χ4v) is 2.03. The van der Waals surface area contributed by atoms with Crippen LogP contribution in [0.5, 0.6) is 0 Å². The summed E-state index contributed by atoms with van der Waals surface area (Å²) >= 11 is 0. The minimum atomic E-state index is 0.298. The molecule has 68 valence electrons. The molecule has 1 aliphatic carbocycles. The van der Waals surface area contributed by atoms with E-state index in [0.29, 0.717) is 24.7 Å². The van der Waals surface area contributed by atoms with Gasteiger partial charge in [-0.25, -0.2) is 0 Å². The van der Waals surface area contributed by atoms with E-state index >= 15 is 0 Å². The van der Waals surface area contributed by atoms with Crippen molar-refractivity contribution in [3.63, 3.8) is 0 Å². The van der Waals surface area contributed by atoms with Crippen LogP contribution in [0.1, 0.15) is 32.6 Å². The second-order valence-corrected chi connectivity index (χ2v) is 3.69.